The Labute approximate surface area is 314 Å². The van der Waals surface area contributed by atoms with Crippen LogP contribution in [0.5, 0.6) is 0 Å². The molecule has 0 aliphatic carbocycles. The van der Waals surface area contributed by atoms with E-state index < -0.39 is 42.4 Å². The molecule has 270 valence electrons. The summed E-state index contributed by atoms with van der Waals surface area (Å²) in [4.78, 5) is 14.0. The maximum atomic E-state index is 14.0. The quantitative estimate of drug-likeness (QED) is 0.0931. The van der Waals surface area contributed by atoms with Crippen molar-refractivity contribution in [2.75, 3.05) is 13.7 Å². The van der Waals surface area contributed by atoms with E-state index in [1.165, 1.54) is 7.11 Å². The smallest absolute Gasteiger partial charge is 0.315 e. The number of halogens is 1. The van der Waals surface area contributed by atoms with Gasteiger partial charge in [0, 0.05) is 4.47 Å². The van der Waals surface area contributed by atoms with Crippen molar-refractivity contribution in [2.45, 2.75) is 69.8 Å². The molecule has 0 bridgehead atoms. The summed E-state index contributed by atoms with van der Waals surface area (Å²) in [7, 11) is 1.40. The number of benzene rings is 5. The molecule has 6 rings (SSSR count). The van der Waals surface area contributed by atoms with Crippen LogP contribution in [0.4, 0.5) is 0 Å². The van der Waals surface area contributed by atoms with Crippen LogP contribution in [0.15, 0.2) is 144 Å². The van der Waals surface area contributed by atoms with E-state index in [0.717, 1.165) is 37.9 Å². The summed E-state index contributed by atoms with van der Waals surface area (Å²) in [6, 6.07) is 45.8. The molecule has 0 amide bonds. The lowest BCUT2D eigenvalue weighted by molar-refractivity contribution is -0.276. The van der Waals surface area contributed by atoms with Crippen molar-refractivity contribution in [1.29, 1.82) is 0 Å². The van der Waals surface area contributed by atoms with Crippen LogP contribution in [0.1, 0.15) is 39.3 Å². The molecule has 52 heavy (non-hydrogen) atoms. The number of ether oxygens (including phenoxy) is 6. The van der Waals surface area contributed by atoms with Gasteiger partial charge < -0.3 is 28.4 Å². The fraction of sp³-hybridized carbons (Fsp3) is 0.295. The maximum absolute atomic E-state index is 14.0. The zero-order chi connectivity index (χ0) is 36.1. The number of hydrogen-bond donors (Lipinski definition) is 0. The highest BCUT2D eigenvalue weighted by atomic mass is 79.9. The monoisotopic (exact) mass is 764 g/mol. The number of carbonyl (C=O) groups is 1. The Bertz CT molecular complexity index is 1810. The van der Waals surface area contributed by atoms with Crippen molar-refractivity contribution < 1.29 is 33.2 Å². The van der Waals surface area contributed by atoms with Crippen LogP contribution in [0, 0.1) is 6.92 Å². The van der Waals surface area contributed by atoms with Crippen molar-refractivity contribution in [3.05, 3.63) is 177 Å². The molecule has 6 atom stereocenters. The Balaban J connectivity index is 1.42. The van der Waals surface area contributed by atoms with Gasteiger partial charge in [-0.25, -0.2) is 0 Å². The molecule has 0 saturated carbocycles. The van der Waals surface area contributed by atoms with Crippen LogP contribution < -0.4 is 0 Å². The third-order valence-corrected chi connectivity index (χ3v) is 9.76. The Morgan fingerprint density at radius 2 is 1.10 bits per heavy atom. The topological polar surface area (TPSA) is 72.5 Å². The Kier molecular flexibility index (Phi) is 13.8. The molecular formula is C44H45BrO7. The van der Waals surface area contributed by atoms with Gasteiger partial charge in [0.05, 0.1) is 40.1 Å². The first-order valence-electron chi connectivity index (χ1n) is 17.6. The molecule has 5 aromatic carbocycles. The normalized spacial score (nSPS) is 20.6. The standard InChI is InChI=1S/C44H45BrO7/c1-31-25-36(45)23-24-37(31)39(44(46)47-2)41-43(51-29-35-21-13-6-14-22-35)42(50-28-34-19-11-5-12-20-34)40(49-27-33-17-9-4-10-18-33)38(52-41)30-48-26-32-15-7-3-8-16-32/h3-25,38-43H,26-30H2,1-2H3/t38-,39+,40-,41-,42-,43+/m1/s1. The van der Waals surface area contributed by atoms with Gasteiger partial charge in [0.2, 0.25) is 0 Å². The number of carbonyl (C=O) groups excluding carboxylic acids is 1. The molecule has 8 heteroatoms. The summed E-state index contributed by atoms with van der Waals surface area (Å²) < 4.78 is 40.4. The highest BCUT2D eigenvalue weighted by Gasteiger charge is 2.53. The minimum atomic E-state index is -0.839. The van der Waals surface area contributed by atoms with Gasteiger partial charge >= 0.3 is 5.97 Å². The van der Waals surface area contributed by atoms with E-state index in [9.17, 15) is 4.79 Å². The summed E-state index contributed by atoms with van der Waals surface area (Å²) in [5.41, 5.74) is 5.72. The Morgan fingerprint density at radius 1 is 0.635 bits per heavy atom. The molecule has 1 saturated heterocycles. The number of esters is 1. The molecule has 1 aliphatic heterocycles. The predicted octanol–water partition coefficient (Wildman–Crippen LogP) is 8.75. The van der Waals surface area contributed by atoms with Crippen LogP contribution in [0.25, 0.3) is 0 Å². The second-order valence-corrected chi connectivity index (χ2v) is 13.8. The fourth-order valence-corrected chi connectivity index (χ4v) is 7.12. The molecule has 1 fully saturated rings. The van der Waals surface area contributed by atoms with Crippen LogP contribution in [0.3, 0.4) is 0 Å². The lowest BCUT2D eigenvalue weighted by Crippen LogP contribution is -2.63. The van der Waals surface area contributed by atoms with Crippen molar-refractivity contribution in [3.63, 3.8) is 0 Å². The number of aryl methyl sites for hydroxylation is 1. The molecule has 1 aliphatic rings. The SMILES string of the molecule is COC(=O)[C@@H](c1ccc(Br)cc1C)[C@H]1O[C@H](COCc2ccccc2)[C@@H](OCc2ccccc2)[C@@H](OCc2ccccc2)[C@H]1OCc1ccccc1. The highest BCUT2D eigenvalue weighted by Crippen LogP contribution is 2.39. The van der Waals surface area contributed by atoms with Gasteiger partial charge in [-0.15, -0.1) is 0 Å². The van der Waals surface area contributed by atoms with Gasteiger partial charge in [-0.2, -0.15) is 0 Å². The summed E-state index contributed by atoms with van der Waals surface area (Å²) >= 11 is 3.59. The lowest BCUT2D eigenvalue weighted by atomic mass is 9.82. The first kappa shape index (κ1) is 37.6. The highest BCUT2D eigenvalue weighted by molar-refractivity contribution is 9.10. The summed E-state index contributed by atoms with van der Waals surface area (Å²) in [5.74, 6) is -1.27. The molecular weight excluding hydrogens is 720 g/mol. The van der Waals surface area contributed by atoms with E-state index in [-0.39, 0.29) is 13.2 Å². The van der Waals surface area contributed by atoms with E-state index in [0.29, 0.717) is 19.8 Å². The fourth-order valence-electron chi connectivity index (χ4n) is 6.65. The van der Waals surface area contributed by atoms with E-state index in [2.05, 4.69) is 15.9 Å². The first-order valence-corrected chi connectivity index (χ1v) is 18.4. The van der Waals surface area contributed by atoms with E-state index in [4.69, 9.17) is 28.4 Å². The van der Waals surface area contributed by atoms with E-state index >= 15 is 0 Å². The van der Waals surface area contributed by atoms with Gasteiger partial charge in [-0.1, -0.05) is 143 Å². The molecule has 0 unspecified atom stereocenters. The molecule has 5 aromatic rings. The van der Waals surface area contributed by atoms with Gasteiger partial charge in [0.25, 0.3) is 0 Å². The zero-order valence-electron chi connectivity index (χ0n) is 29.5. The van der Waals surface area contributed by atoms with Crippen molar-refractivity contribution in [2.24, 2.45) is 0 Å². The van der Waals surface area contributed by atoms with Gasteiger partial charge in [0.15, 0.2) is 0 Å². The average molecular weight is 766 g/mol. The largest absolute Gasteiger partial charge is 0.468 e. The molecule has 0 spiro atoms. The summed E-state index contributed by atoms with van der Waals surface area (Å²) in [5, 5.41) is 0. The number of hydrogen-bond acceptors (Lipinski definition) is 7. The third-order valence-electron chi connectivity index (χ3n) is 9.27. The first-order chi connectivity index (χ1) is 25.5. The Hall–Kier alpha value is -4.15. The van der Waals surface area contributed by atoms with Crippen molar-refractivity contribution in [1.82, 2.24) is 0 Å². The van der Waals surface area contributed by atoms with Crippen molar-refractivity contribution >= 4 is 21.9 Å². The minimum absolute atomic E-state index is 0.189. The number of methoxy groups -OCH3 is 1. The van der Waals surface area contributed by atoms with Gasteiger partial charge in [0.1, 0.15) is 36.4 Å². The summed E-state index contributed by atoms with van der Waals surface area (Å²) in [6.07, 6.45) is -3.49. The number of rotatable bonds is 16. The van der Waals surface area contributed by atoms with Crippen LogP contribution in [-0.4, -0.2) is 50.2 Å². The molecule has 0 N–H and O–H groups in total. The van der Waals surface area contributed by atoms with Crippen LogP contribution in [-0.2, 0) is 59.6 Å². The lowest BCUT2D eigenvalue weighted by Gasteiger charge is -2.48. The van der Waals surface area contributed by atoms with Crippen molar-refractivity contribution in [3.8, 4) is 0 Å². The van der Waals surface area contributed by atoms with Gasteiger partial charge in [-0.05, 0) is 52.4 Å². The second-order valence-electron chi connectivity index (χ2n) is 12.9. The Morgan fingerprint density at radius 3 is 1.58 bits per heavy atom. The predicted molar refractivity (Wildman–Crippen MR) is 203 cm³/mol. The van der Waals surface area contributed by atoms with E-state index in [1.807, 2.05) is 146 Å². The molecule has 0 aromatic heterocycles. The molecule has 1 heterocycles. The molecule has 7 nitrogen and oxygen atoms in total. The average Bonchev–Trinajstić information content (AvgIpc) is 3.18. The van der Waals surface area contributed by atoms with E-state index in [1.54, 1.807) is 0 Å². The minimum Gasteiger partial charge on any atom is -0.468 e. The second kappa shape index (κ2) is 19.1. The van der Waals surface area contributed by atoms with Crippen LogP contribution in [0.2, 0.25) is 0 Å². The zero-order valence-corrected chi connectivity index (χ0v) is 31.1. The maximum Gasteiger partial charge on any atom is 0.315 e. The summed E-state index contributed by atoms with van der Waals surface area (Å²) in [6.45, 7) is 3.43. The van der Waals surface area contributed by atoms with Gasteiger partial charge in [-0.3, -0.25) is 4.79 Å². The molecule has 0 radical (unpaired) electrons. The third kappa shape index (κ3) is 10.0. The van der Waals surface area contributed by atoms with Crippen LogP contribution >= 0.6 is 15.9 Å².